The van der Waals surface area contributed by atoms with Crippen molar-refractivity contribution in [2.45, 2.75) is 38.3 Å². The summed E-state index contributed by atoms with van der Waals surface area (Å²) in [6.45, 7) is 5.62. The van der Waals surface area contributed by atoms with Gasteiger partial charge in [0.1, 0.15) is 0 Å². The van der Waals surface area contributed by atoms with Gasteiger partial charge in [-0.15, -0.1) is 0 Å². The molecule has 0 aromatic rings. The molecule has 0 aromatic heterocycles. The summed E-state index contributed by atoms with van der Waals surface area (Å²) in [4.78, 5) is 0. The zero-order valence-corrected chi connectivity index (χ0v) is 6.31. The molecule has 0 saturated heterocycles. The van der Waals surface area contributed by atoms with E-state index in [2.05, 4.69) is 6.92 Å². The average Bonchev–Trinajstić information content (AvgIpc) is 2.13. The Hall–Kier alpha value is -0.0800. The van der Waals surface area contributed by atoms with E-state index in [4.69, 9.17) is 5.73 Å². The summed E-state index contributed by atoms with van der Waals surface area (Å²) >= 11 is 0. The highest BCUT2D eigenvalue weighted by Gasteiger charge is 2.57. The van der Waals surface area contributed by atoms with E-state index in [1.54, 1.807) is 13.8 Å². The molecule has 2 heteroatoms. The third-order valence-corrected chi connectivity index (χ3v) is 2.50. The van der Waals surface area contributed by atoms with Crippen molar-refractivity contribution in [2.75, 3.05) is 0 Å². The van der Waals surface area contributed by atoms with Crippen molar-refractivity contribution in [3.8, 4) is 0 Å². The smallest absolute Gasteiger partial charge is 0.0773 e. The van der Waals surface area contributed by atoms with E-state index in [1.807, 2.05) is 0 Å². The normalized spacial score (nSPS) is 43.0. The monoisotopic (exact) mass is 129 g/mol. The fraction of sp³-hybridized carbons (Fsp3) is 1.00. The van der Waals surface area contributed by atoms with Crippen LogP contribution in [0.3, 0.4) is 0 Å². The fourth-order valence-corrected chi connectivity index (χ4v) is 1.30. The minimum absolute atomic E-state index is 0.299. The molecule has 1 rings (SSSR count). The van der Waals surface area contributed by atoms with E-state index in [9.17, 15) is 5.11 Å². The summed E-state index contributed by atoms with van der Waals surface area (Å²) < 4.78 is 0. The lowest BCUT2D eigenvalue weighted by molar-refractivity contribution is 0.0362. The van der Waals surface area contributed by atoms with Crippen LogP contribution in [0.25, 0.3) is 0 Å². The highest BCUT2D eigenvalue weighted by atomic mass is 16.3. The number of hydrogen-bond donors (Lipinski definition) is 2. The highest BCUT2D eigenvalue weighted by Crippen LogP contribution is 2.47. The van der Waals surface area contributed by atoms with E-state index in [1.165, 1.54) is 0 Å². The first kappa shape index (κ1) is 7.03. The Morgan fingerprint density at radius 3 is 2.00 bits per heavy atom. The predicted molar refractivity (Wildman–Crippen MR) is 37.0 cm³/mol. The van der Waals surface area contributed by atoms with Gasteiger partial charge in [0.15, 0.2) is 0 Å². The fourth-order valence-electron chi connectivity index (χ4n) is 1.30. The lowest BCUT2D eigenvalue weighted by Gasteiger charge is -2.26. The van der Waals surface area contributed by atoms with E-state index in [-0.39, 0.29) is 5.54 Å². The number of hydrogen-bond acceptors (Lipinski definition) is 2. The van der Waals surface area contributed by atoms with Crippen molar-refractivity contribution >= 4 is 0 Å². The molecule has 0 aromatic carbocycles. The zero-order chi connectivity index (χ0) is 7.28. The van der Waals surface area contributed by atoms with Crippen LogP contribution in [0, 0.1) is 5.92 Å². The molecule has 0 heterocycles. The molecule has 0 bridgehead atoms. The molecule has 2 unspecified atom stereocenters. The van der Waals surface area contributed by atoms with Gasteiger partial charge >= 0.3 is 0 Å². The van der Waals surface area contributed by atoms with Gasteiger partial charge in [-0.2, -0.15) is 0 Å². The largest absolute Gasteiger partial charge is 0.389 e. The van der Waals surface area contributed by atoms with E-state index in [0.717, 1.165) is 6.42 Å². The molecule has 1 fully saturated rings. The van der Waals surface area contributed by atoms with E-state index in [0.29, 0.717) is 5.92 Å². The first-order valence-corrected chi connectivity index (χ1v) is 3.39. The molecule has 0 spiro atoms. The molecule has 2 nitrogen and oxygen atoms in total. The van der Waals surface area contributed by atoms with Gasteiger partial charge in [0.25, 0.3) is 0 Å². The minimum Gasteiger partial charge on any atom is -0.389 e. The summed E-state index contributed by atoms with van der Waals surface area (Å²) in [5, 5.41) is 9.46. The standard InChI is InChI=1S/C7H15NO/c1-5-4-7(5,8)6(2,3)9/h5,9H,4,8H2,1-3H3. The van der Waals surface area contributed by atoms with Crippen LogP contribution in [-0.4, -0.2) is 16.2 Å². The maximum absolute atomic E-state index is 9.46. The Labute approximate surface area is 56.1 Å². The molecule has 1 aliphatic rings. The molecular formula is C7H15NO. The van der Waals surface area contributed by atoms with Gasteiger partial charge in [0, 0.05) is 5.54 Å². The Morgan fingerprint density at radius 1 is 1.67 bits per heavy atom. The Bertz CT molecular complexity index is 127. The molecule has 9 heavy (non-hydrogen) atoms. The molecule has 54 valence electrons. The molecule has 0 amide bonds. The number of aliphatic hydroxyl groups is 1. The van der Waals surface area contributed by atoms with Crippen molar-refractivity contribution in [1.29, 1.82) is 0 Å². The topological polar surface area (TPSA) is 46.2 Å². The van der Waals surface area contributed by atoms with Crippen LogP contribution in [0.4, 0.5) is 0 Å². The number of nitrogens with two attached hydrogens (primary N) is 1. The molecule has 2 atom stereocenters. The van der Waals surface area contributed by atoms with E-state index >= 15 is 0 Å². The van der Waals surface area contributed by atoms with Crippen LogP contribution in [-0.2, 0) is 0 Å². The van der Waals surface area contributed by atoms with Gasteiger partial charge in [-0.25, -0.2) is 0 Å². The van der Waals surface area contributed by atoms with Gasteiger partial charge in [-0.3, -0.25) is 0 Å². The van der Waals surface area contributed by atoms with Crippen LogP contribution in [0.5, 0.6) is 0 Å². The predicted octanol–water partition coefficient (Wildman–Crippen LogP) is 0.495. The molecular weight excluding hydrogens is 114 g/mol. The van der Waals surface area contributed by atoms with Crippen molar-refractivity contribution in [2.24, 2.45) is 11.7 Å². The first-order chi connectivity index (χ1) is 3.88. The van der Waals surface area contributed by atoms with Gasteiger partial charge in [-0.05, 0) is 26.2 Å². The summed E-state index contributed by atoms with van der Waals surface area (Å²) in [7, 11) is 0. The van der Waals surface area contributed by atoms with Crippen LogP contribution in [0.15, 0.2) is 0 Å². The lowest BCUT2D eigenvalue weighted by atomic mass is 9.95. The SMILES string of the molecule is CC1CC1(N)C(C)(C)O. The van der Waals surface area contributed by atoms with Crippen molar-refractivity contribution in [1.82, 2.24) is 0 Å². The third-order valence-electron chi connectivity index (χ3n) is 2.50. The minimum atomic E-state index is -0.702. The zero-order valence-electron chi connectivity index (χ0n) is 6.31. The van der Waals surface area contributed by atoms with Gasteiger partial charge in [-0.1, -0.05) is 6.92 Å². The molecule has 1 saturated carbocycles. The van der Waals surface area contributed by atoms with Crippen LogP contribution < -0.4 is 5.73 Å². The Balaban J connectivity index is 2.64. The first-order valence-electron chi connectivity index (χ1n) is 3.39. The quantitative estimate of drug-likeness (QED) is 0.541. The second-order valence-corrected chi connectivity index (χ2v) is 3.70. The number of rotatable bonds is 1. The van der Waals surface area contributed by atoms with Crippen LogP contribution in [0.1, 0.15) is 27.2 Å². The van der Waals surface area contributed by atoms with Crippen LogP contribution in [0.2, 0.25) is 0 Å². The highest BCUT2D eigenvalue weighted by molar-refractivity contribution is 5.14. The van der Waals surface area contributed by atoms with Gasteiger partial charge < -0.3 is 10.8 Å². The molecule has 0 radical (unpaired) electrons. The second kappa shape index (κ2) is 1.50. The van der Waals surface area contributed by atoms with Crippen molar-refractivity contribution in [3.63, 3.8) is 0 Å². The van der Waals surface area contributed by atoms with Gasteiger partial charge in [0.2, 0.25) is 0 Å². The van der Waals surface area contributed by atoms with E-state index < -0.39 is 5.60 Å². The van der Waals surface area contributed by atoms with Crippen LogP contribution >= 0.6 is 0 Å². The lowest BCUT2D eigenvalue weighted by Crippen LogP contribution is -2.47. The second-order valence-electron chi connectivity index (χ2n) is 3.70. The maximum atomic E-state index is 9.46. The summed E-state index contributed by atoms with van der Waals surface area (Å²) in [6.07, 6.45) is 0.955. The Morgan fingerprint density at radius 2 is 2.00 bits per heavy atom. The molecule has 0 aliphatic heterocycles. The summed E-state index contributed by atoms with van der Waals surface area (Å²) in [6, 6.07) is 0. The third kappa shape index (κ3) is 0.864. The maximum Gasteiger partial charge on any atom is 0.0773 e. The summed E-state index contributed by atoms with van der Waals surface area (Å²) in [5.41, 5.74) is 4.82. The molecule has 3 N–H and O–H groups in total. The molecule has 1 aliphatic carbocycles. The van der Waals surface area contributed by atoms with Gasteiger partial charge in [0.05, 0.1) is 5.60 Å². The van der Waals surface area contributed by atoms with Crippen molar-refractivity contribution in [3.05, 3.63) is 0 Å². The van der Waals surface area contributed by atoms with Crippen molar-refractivity contribution < 1.29 is 5.11 Å². The average molecular weight is 129 g/mol. The summed E-state index contributed by atoms with van der Waals surface area (Å²) in [5.74, 6) is 0.484. The Kier molecular flexibility index (Phi) is 1.17.